The fourth-order valence-electron chi connectivity index (χ4n) is 2.26. The summed E-state index contributed by atoms with van der Waals surface area (Å²) in [4.78, 5) is 2.47. The standard InChI is InChI=1S/C13H21N3/c1-2-12-9-11(10-14)3-4-13(12)16-7-5-15-6-8-16/h3-4,9,15H,2,5-8,10,14H2,1H3. The van der Waals surface area contributed by atoms with E-state index in [0.29, 0.717) is 6.54 Å². The minimum absolute atomic E-state index is 0.634. The maximum atomic E-state index is 5.68. The Bertz CT molecular complexity index is 343. The van der Waals surface area contributed by atoms with Crippen LogP contribution in [-0.2, 0) is 13.0 Å². The van der Waals surface area contributed by atoms with E-state index in [9.17, 15) is 0 Å². The zero-order chi connectivity index (χ0) is 11.4. The second-order valence-electron chi connectivity index (χ2n) is 4.26. The van der Waals surface area contributed by atoms with Gasteiger partial charge in [0.05, 0.1) is 0 Å². The third-order valence-corrected chi connectivity index (χ3v) is 3.22. The van der Waals surface area contributed by atoms with Crippen LogP contribution in [0.2, 0.25) is 0 Å². The lowest BCUT2D eigenvalue weighted by Gasteiger charge is -2.31. The van der Waals surface area contributed by atoms with Crippen LogP contribution in [0.5, 0.6) is 0 Å². The van der Waals surface area contributed by atoms with Crippen molar-refractivity contribution in [2.24, 2.45) is 5.73 Å². The van der Waals surface area contributed by atoms with E-state index >= 15 is 0 Å². The monoisotopic (exact) mass is 219 g/mol. The molecule has 1 fully saturated rings. The Morgan fingerprint density at radius 2 is 2.06 bits per heavy atom. The second-order valence-corrected chi connectivity index (χ2v) is 4.26. The molecule has 2 rings (SSSR count). The molecule has 88 valence electrons. The average Bonchev–Trinajstić information content (AvgIpc) is 2.39. The van der Waals surface area contributed by atoms with Crippen molar-refractivity contribution in [2.45, 2.75) is 19.9 Å². The summed E-state index contributed by atoms with van der Waals surface area (Å²) in [6.07, 6.45) is 1.08. The van der Waals surface area contributed by atoms with Gasteiger partial charge < -0.3 is 16.0 Å². The zero-order valence-corrected chi connectivity index (χ0v) is 10.00. The molecule has 0 spiro atoms. The summed E-state index contributed by atoms with van der Waals surface area (Å²) in [6.45, 7) is 7.23. The SMILES string of the molecule is CCc1cc(CN)ccc1N1CCNCC1. The lowest BCUT2D eigenvalue weighted by molar-refractivity contribution is 0.588. The first-order valence-electron chi connectivity index (χ1n) is 6.12. The first-order valence-corrected chi connectivity index (χ1v) is 6.12. The van der Waals surface area contributed by atoms with E-state index in [1.807, 2.05) is 0 Å². The van der Waals surface area contributed by atoms with Crippen LogP contribution < -0.4 is 16.0 Å². The fourth-order valence-corrected chi connectivity index (χ4v) is 2.26. The van der Waals surface area contributed by atoms with Crippen LogP contribution in [0.4, 0.5) is 5.69 Å². The van der Waals surface area contributed by atoms with E-state index in [2.05, 4.69) is 35.3 Å². The highest BCUT2D eigenvalue weighted by Crippen LogP contribution is 2.23. The third kappa shape index (κ3) is 2.36. The Labute approximate surface area is 97.6 Å². The van der Waals surface area contributed by atoms with Crippen molar-refractivity contribution in [3.63, 3.8) is 0 Å². The van der Waals surface area contributed by atoms with Crippen molar-refractivity contribution in [1.29, 1.82) is 0 Å². The molecular weight excluding hydrogens is 198 g/mol. The number of benzene rings is 1. The number of nitrogens with zero attached hydrogens (tertiary/aromatic N) is 1. The van der Waals surface area contributed by atoms with Gasteiger partial charge in [-0.1, -0.05) is 19.1 Å². The van der Waals surface area contributed by atoms with Crippen LogP contribution in [0.3, 0.4) is 0 Å². The number of hydrogen-bond donors (Lipinski definition) is 2. The van der Waals surface area contributed by atoms with Gasteiger partial charge >= 0.3 is 0 Å². The van der Waals surface area contributed by atoms with Gasteiger partial charge in [0.2, 0.25) is 0 Å². The number of anilines is 1. The Morgan fingerprint density at radius 1 is 1.31 bits per heavy atom. The molecule has 1 saturated heterocycles. The summed E-state index contributed by atoms with van der Waals surface area (Å²) >= 11 is 0. The van der Waals surface area contributed by atoms with Gasteiger partial charge in [-0.25, -0.2) is 0 Å². The minimum Gasteiger partial charge on any atom is -0.369 e. The molecule has 1 aliphatic rings. The van der Waals surface area contributed by atoms with Crippen molar-refractivity contribution in [1.82, 2.24) is 5.32 Å². The topological polar surface area (TPSA) is 41.3 Å². The first kappa shape index (κ1) is 11.4. The maximum Gasteiger partial charge on any atom is 0.0399 e. The zero-order valence-electron chi connectivity index (χ0n) is 10.00. The second kappa shape index (κ2) is 5.32. The van der Waals surface area contributed by atoms with Crippen molar-refractivity contribution in [2.75, 3.05) is 31.1 Å². The molecule has 0 aromatic heterocycles. The summed E-state index contributed by atoms with van der Waals surface area (Å²) in [5, 5.41) is 3.38. The first-order chi connectivity index (χ1) is 7.85. The van der Waals surface area contributed by atoms with Crippen LogP contribution in [-0.4, -0.2) is 26.2 Å². The average molecular weight is 219 g/mol. The van der Waals surface area contributed by atoms with E-state index in [4.69, 9.17) is 5.73 Å². The lowest BCUT2D eigenvalue weighted by Crippen LogP contribution is -2.43. The molecule has 1 aromatic rings. The van der Waals surface area contributed by atoms with Gasteiger partial charge in [0, 0.05) is 38.4 Å². The molecule has 0 saturated carbocycles. The lowest BCUT2D eigenvalue weighted by atomic mass is 10.0. The molecule has 1 aromatic carbocycles. The Balaban J connectivity index is 2.24. The maximum absolute atomic E-state index is 5.68. The van der Waals surface area contributed by atoms with Crippen molar-refractivity contribution >= 4 is 5.69 Å². The van der Waals surface area contributed by atoms with E-state index < -0.39 is 0 Å². The molecule has 3 nitrogen and oxygen atoms in total. The summed E-state index contributed by atoms with van der Waals surface area (Å²) in [6, 6.07) is 6.63. The Kier molecular flexibility index (Phi) is 3.80. The highest BCUT2D eigenvalue weighted by molar-refractivity contribution is 5.55. The van der Waals surface area contributed by atoms with Gasteiger partial charge in [-0.05, 0) is 23.6 Å². The summed E-state index contributed by atoms with van der Waals surface area (Å²) in [5.41, 5.74) is 9.72. The number of aryl methyl sites for hydroxylation is 1. The Hall–Kier alpha value is -1.06. The van der Waals surface area contributed by atoms with Crippen molar-refractivity contribution in [3.05, 3.63) is 29.3 Å². The van der Waals surface area contributed by atoms with Gasteiger partial charge in [-0.2, -0.15) is 0 Å². The Morgan fingerprint density at radius 3 is 2.69 bits per heavy atom. The predicted molar refractivity (Wildman–Crippen MR) is 68.8 cm³/mol. The molecule has 0 radical (unpaired) electrons. The predicted octanol–water partition coefficient (Wildman–Crippen LogP) is 1.12. The molecular formula is C13H21N3. The van der Waals surface area contributed by atoms with E-state index in [0.717, 1.165) is 32.6 Å². The minimum atomic E-state index is 0.634. The van der Waals surface area contributed by atoms with Crippen LogP contribution in [0.25, 0.3) is 0 Å². The quantitative estimate of drug-likeness (QED) is 0.800. The number of hydrogen-bond acceptors (Lipinski definition) is 3. The van der Waals surface area contributed by atoms with Gasteiger partial charge in [0.25, 0.3) is 0 Å². The molecule has 1 heterocycles. The van der Waals surface area contributed by atoms with Crippen LogP contribution in [0.1, 0.15) is 18.1 Å². The molecule has 16 heavy (non-hydrogen) atoms. The van der Waals surface area contributed by atoms with Gasteiger partial charge in [-0.3, -0.25) is 0 Å². The van der Waals surface area contributed by atoms with Crippen LogP contribution in [0, 0.1) is 0 Å². The normalized spacial score (nSPS) is 16.5. The third-order valence-electron chi connectivity index (χ3n) is 3.22. The highest BCUT2D eigenvalue weighted by atomic mass is 15.2. The fraction of sp³-hybridized carbons (Fsp3) is 0.538. The summed E-state index contributed by atoms with van der Waals surface area (Å²) in [7, 11) is 0. The van der Waals surface area contributed by atoms with Gasteiger partial charge in [0.15, 0.2) is 0 Å². The van der Waals surface area contributed by atoms with E-state index in [-0.39, 0.29) is 0 Å². The van der Waals surface area contributed by atoms with Crippen LogP contribution in [0.15, 0.2) is 18.2 Å². The number of nitrogens with two attached hydrogens (primary N) is 1. The molecule has 3 N–H and O–H groups in total. The smallest absolute Gasteiger partial charge is 0.0399 e. The number of piperazine rings is 1. The van der Waals surface area contributed by atoms with E-state index in [1.165, 1.54) is 16.8 Å². The van der Waals surface area contributed by atoms with E-state index in [1.54, 1.807) is 0 Å². The van der Waals surface area contributed by atoms with Gasteiger partial charge in [0.1, 0.15) is 0 Å². The summed E-state index contributed by atoms with van der Waals surface area (Å²) in [5.74, 6) is 0. The molecule has 0 bridgehead atoms. The molecule has 0 atom stereocenters. The molecule has 0 amide bonds. The van der Waals surface area contributed by atoms with Crippen molar-refractivity contribution < 1.29 is 0 Å². The number of nitrogens with one attached hydrogen (secondary N) is 1. The van der Waals surface area contributed by atoms with Crippen LogP contribution >= 0.6 is 0 Å². The molecule has 3 heteroatoms. The largest absolute Gasteiger partial charge is 0.369 e. The van der Waals surface area contributed by atoms with Crippen molar-refractivity contribution in [3.8, 4) is 0 Å². The summed E-state index contributed by atoms with van der Waals surface area (Å²) < 4.78 is 0. The van der Waals surface area contributed by atoms with Gasteiger partial charge in [-0.15, -0.1) is 0 Å². The molecule has 0 aliphatic carbocycles. The number of rotatable bonds is 3. The molecule has 0 unspecified atom stereocenters. The highest BCUT2D eigenvalue weighted by Gasteiger charge is 2.13. The molecule has 1 aliphatic heterocycles.